The molecule has 0 atom stereocenters. The Morgan fingerprint density at radius 3 is 2.71 bits per heavy atom. The highest BCUT2D eigenvalue weighted by atomic mass is 32.2. The van der Waals surface area contributed by atoms with Gasteiger partial charge in [0.05, 0.1) is 6.61 Å². The van der Waals surface area contributed by atoms with E-state index in [2.05, 4.69) is 22.4 Å². The summed E-state index contributed by atoms with van der Waals surface area (Å²) in [6.07, 6.45) is 0. The third kappa shape index (κ3) is 3.60. The van der Waals surface area contributed by atoms with E-state index in [4.69, 9.17) is 4.74 Å². The van der Waals surface area contributed by atoms with Crippen molar-refractivity contribution in [2.75, 3.05) is 6.61 Å². The van der Waals surface area contributed by atoms with Gasteiger partial charge in [-0.25, -0.2) is 0 Å². The zero-order chi connectivity index (χ0) is 16.9. The van der Waals surface area contributed by atoms with Crippen LogP contribution in [-0.2, 0) is 0 Å². The molecule has 0 spiro atoms. The number of thioether (sulfide) groups is 1. The molecule has 2 aromatic carbocycles. The predicted octanol–water partition coefficient (Wildman–Crippen LogP) is 1.60. The van der Waals surface area contributed by atoms with Crippen molar-refractivity contribution < 1.29 is 9.53 Å². The molecule has 6 heteroatoms. The Kier molecular flexibility index (Phi) is 4.86. The molecule has 0 aromatic heterocycles. The van der Waals surface area contributed by atoms with E-state index < -0.39 is 0 Å². The van der Waals surface area contributed by atoms with Crippen LogP contribution in [-0.4, -0.2) is 17.7 Å². The van der Waals surface area contributed by atoms with Crippen LogP contribution in [0.15, 0.2) is 53.6 Å². The summed E-state index contributed by atoms with van der Waals surface area (Å²) in [4.78, 5) is 12.3. The van der Waals surface area contributed by atoms with Gasteiger partial charge in [-0.2, -0.15) is 0 Å². The molecule has 0 unspecified atom stereocenters. The molecule has 24 heavy (non-hydrogen) atoms. The van der Waals surface area contributed by atoms with Crippen LogP contribution in [0.3, 0.4) is 0 Å². The number of nitrogens with one attached hydrogen (secondary N) is 2. The molecule has 0 saturated heterocycles. The molecule has 2 N–H and O–H groups in total. The van der Waals surface area contributed by atoms with Crippen LogP contribution >= 0.6 is 11.8 Å². The standard InChI is InChI=1S/C18H17N3O2S/c1-3-23-14-10-8-13(9-11-14)16(22)19-18-21-20-17(24-18)15-7-5-4-6-12(15)2/h4-11,20H,2-3H2,1H3,(H,19,21,22). The quantitative estimate of drug-likeness (QED) is 0.892. The van der Waals surface area contributed by atoms with Gasteiger partial charge in [0.25, 0.3) is 5.91 Å². The van der Waals surface area contributed by atoms with Gasteiger partial charge in [0.2, 0.25) is 0 Å². The van der Waals surface area contributed by atoms with Gasteiger partial charge in [-0.3, -0.25) is 15.5 Å². The number of ether oxygens (including phenoxy) is 1. The van der Waals surface area contributed by atoms with Gasteiger partial charge in [0.15, 0.2) is 5.17 Å². The van der Waals surface area contributed by atoms with E-state index in [1.54, 1.807) is 24.3 Å². The molecule has 1 aliphatic heterocycles. The van der Waals surface area contributed by atoms with Crippen molar-refractivity contribution >= 4 is 34.4 Å². The first kappa shape index (κ1) is 16.1. The minimum absolute atomic E-state index is 0.213. The van der Waals surface area contributed by atoms with Crippen LogP contribution in [0.2, 0.25) is 0 Å². The van der Waals surface area contributed by atoms with Gasteiger partial charge in [-0.05, 0) is 48.2 Å². The Balaban J connectivity index is 1.69. The molecular weight excluding hydrogens is 322 g/mol. The maximum Gasteiger partial charge on any atom is 0.257 e. The molecule has 1 aliphatic rings. The lowest BCUT2D eigenvalue weighted by Gasteiger charge is -2.05. The number of carbonyl (C=O) groups is 1. The van der Waals surface area contributed by atoms with Crippen molar-refractivity contribution in [2.24, 2.45) is 5.10 Å². The summed E-state index contributed by atoms with van der Waals surface area (Å²) in [6, 6.07) is 14.8. The summed E-state index contributed by atoms with van der Waals surface area (Å²) < 4.78 is 5.37. The van der Waals surface area contributed by atoms with Crippen molar-refractivity contribution in [2.45, 2.75) is 6.92 Å². The first-order chi connectivity index (χ1) is 11.7. The summed E-state index contributed by atoms with van der Waals surface area (Å²) in [5.74, 6) is 0.529. The Morgan fingerprint density at radius 1 is 1.25 bits per heavy atom. The number of carbonyl (C=O) groups excluding carboxylic acids is 1. The SMILES string of the molecule is C=c1ccccc1=C1NN=C(NC(=O)c2ccc(OCC)cc2)S1. The van der Waals surface area contributed by atoms with Crippen molar-refractivity contribution in [3.63, 3.8) is 0 Å². The zero-order valence-electron chi connectivity index (χ0n) is 13.2. The van der Waals surface area contributed by atoms with E-state index in [1.165, 1.54) is 11.8 Å². The van der Waals surface area contributed by atoms with Gasteiger partial charge < -0.3 is 4.74 Å². The number of hydrogen-bond donors (Lipinski definition) is 2. The number of hydrazone groups is 1. The zero-order valence-corrected chi connectivity index (χ0v) is 14.0. The number of amides is 1. The molecule has 1 heterocycles. The maximum absolute atomic E-state index is 12.3. The molecular formula is C18H17N3O2S. The Hall–Kier alpha value is -2.73. The molecule has 1 amide bonds. The van der Waals surface area contributed by atoms with E-state index in [9.17, 15) is 4.79 Å². The second-order valence-corrected chi connectivity index (χ2v) is 6.03. The summed E-state index contributed by atoms with van der Waals surface area (Å²) >= 11 is 1.37. The maximum atomic E-state index is 12.3. The average Bonchev–Trinajstić information content (AvgIpc) is 3.04. The Bertz CT molecular complexity index is 891. The minimum Gasteiger partial charge on any atom is -0.494 e. The van der Waals surface area contributed by atoms with Gasteiger partial charge in [-0.15, -0.1) is 5.10 Å². The van der Waals surface area contributed by atoms with Crippen LogP contribution in [0.4, 0.5) is 0 Å². The number of amidine groups is 1. The molecule has 0 radical (unpaired) electrons. The minimum atomic E-state index is -0.213. The highest BCUT2D eigenvalue weighted by Gasteiger charge is 2.17. The van der Waals surface area contributed by atoms with Crippen molar-refractivity contribution in [1.82, 2.24) is 10.7 Å². The molecule has 0 saturated carbocycles. The van der Waals surface area contributed by atoms with Crippen molar-refractivity contribution in [3.8, 4) is 5.75 Å². The summed E-state index contributed by atoms with van der Waals surface area (Å²) in [5.41, 5.74) is 3.49. The lowest BCUT2D eigenvalue weighted by molar-refractivity contribution is 0.0978. The third-order valence-corrected chi connectivity index (χ3v) is 4.27. The third-order valence-electron chi connectivity index (χ3n) is 3.37. The van der Waals surface area contributed by atoms with Gasteiger partial charge >= 0.3 is 0 Å². The second-order valence-electron chi connectivity index (χ2n) is 5.03. The first-order valence-electron chi connectivity index (χ1n) is 7.51. The molecule has 0 aliphatic carbocycles. The highest BCUT2D eigenvalue weighted by molar-refractivity contribution is 8.21. The monoisotopic (exact) mass is 339 g/mol. The van der Waals surface area contributed by atoms with E-state index in [0.717, 1.165) is 21.2 Å². The molecule has 0 fully saturated rings. The largest absolute Gasteiger partial charge is 0.494 e. The number of hydrogen-bond acceptors (Lipinski definition) is 5. The molecule has 122 valence electrons. The van der Waals surface area contributed by atoms with Crippen molar-refractivity contribution in [3.05, 3.63) is 64.5 Å². The summed E-state index contributed by atoms with van der Waals surface area (Å²) in [6.45, 7) is 6.51. The average molecular weight is 339 g/mol. The topological polar surface area (TPSA) is 62.7 Å². The number of rotatable bonds is 3. The summed E-state index contributed by atoms with van der Waals surface area (Å²) in [7, 11) is 0. The lowest BCUT2D eigenvalue weighted by Crippen LogP contribution is -2.28. The van der Waals surface area contributed by atoms with Gasteiger partial charge in [-0.1, -0.05) is 30.8 Å². The van der Waals surface area contributed by atoms with Gasteiger partial charge in [0.1, 0.15) is 10.8 Å². The van der Waals surface area contributed by atoms with Crippen LogP contribution < -0.4 is 25.9 Å². The summed E-state index contributed by atoms with van der Waals surface area (Å²) in [5, 5.41) is 10.2. The van der Waals surface area contributed by atoms with Crippen LogP contribution in [0.1, 0.15) is 17.3 Å². The number of benzene rings is 2. The van der Waals surface area contributed by atoms with E-state index >= 15 is 0 Å². The van der Waals surface area contributed by atoms with E-state index in [0.29, 0.717) is 17.3 Å². The smallest absolute Gasteiger partial charge is 0.257 e. The fourth-order valence-corrected chi connectivity index (χ4v) is 3.02. The Morgan fingerprint density at radius 2 is 2.00 bits per heavy atom. The fourth-order valence-electron chi connectivity index (χ4n) is 2.19. The van der Waals surface area contributed by atoms with E-state index in [-0.39, 0.29) is 5.91 Å². The highest BCUT2D eigenvalue weighted by Crippen LogP contribution is 2.19. The van der Waals surface area contributed by atoms with Crippen LogP contribution in [0.5, 0.6) is 5.75 Å². The lowest BCUT2D eigenvalue weighted by atomic mass is 10.2. The van der Waals surface area contributed by atoms with Gasteiger partial charge in [0, 0.05) is 10.8 Å². The van der Waals surface area contributed by atoms with E-state index in [1.807, 2.05) is 31.2 Å². The fraction of sp³-hybridized carbons (Fsp3) is 0.111. The van der Waals surface area contributed by atoms with Crippen molar-refractivity contribution in [1.29, 1.82) is 0 Å². The normalized spacial score (nSPS) is 15.5. The molecule has 0 bridgehead atoms. The second kappa shape index (κ2) is 7.23. The molecule has 5 nitrogen and oxygen atoms in total. The first-order valence-corrected chi connectivity index (χ1v) is 8.33. The van der Waals surface area contributed by atoms with Crippen LogP contribution in [0.25, 0.3) is 11.6 Å². The van der Waals surface area contributed by atoms with Crippen LogP contribution in [0, 0.1) is 0 Å². The number of nitrogens with zero attached hydrogens (tertiary/aromatic N) is 1. The molecule has 2 aromatic rings. The Labute approximate surface area is 144 Å². The predicted molar refractivity (Wildman–Crippen MR) is 97.9 cm³/mol. The molecule has 3 rings (SSSR count).